The van der Waals surface area contributed by atoms with Crippen molar-refractivity contribution < 1.29 is 13.2 Å². The van der Waals surface area contributed by atoms with Crippen LogP contribution in [0.3, 0.4) is 0 Å². The molecule has 5 aromatic rings. The maximum atomic E-state index is 14.6. The molecule has 0 aliphatic rings. The maximum Gasteiger partial charge on any atom is 0.206 e. The molecule has 5 rings (SSSR count). The van der Waals surface area contributed by atoms with Gasteiger partial charge in [0.15, 0.2) is 5.43 Å². The summed E-state index contributed by atoms with van der Waals surface area (Å²) in [5, 5.41) is 17.6. The zero-order valence-corrected chi connectivity index (χ0v) is 19.2. The number of rotatable bonds is 5. The number of anilines is 1. The van der Waals surface area contributed by atoms with Gasteiger partial charge in [-0.15, -0.1) is 10.2 Å². The number of H-pyrrole nitrogens is 1. The molecule has 1 unspecified atom stereocenters. The Bertz CT molecular complexity index is 1610. The van der Waals surface area contributed by atoms with Crippen molar-refractivity contribution in [1.29, 1.82) is 0 Å². The molecule has 2 aromatic heterocycles. The van der Waals surface area contributed by atoms with Crippen molar-refractivity contribution in [2.75, 3.05) is 5.32 Å². The topological polar surface area (TPSA) is 96.7 Å². The van der Waals surface area contributed by atoms with Crippen LogP contribution in [0.5, 0.6) is 0 Å². The van der Waals surface area contributed by atoms with Gasteiger partial charge in [-0.3, -0.25) is 4.79 Å². The van der Waals surface area contributed by atoms with Gasteiger partial charge in [0, 0.05) is 22.4 Å². The van der Waals surface area contributed by atoms with E-state index in [0.29, 0.717) is 33.3 Å². The molecule has 0 saturated heterocycles. The molecule has 0 amide bonds. The minimum Gasteiger partial charge on any atom is -0.455 e. The molecule has 35 heavy (non-hydrogen) atoms. The van der Waals surface area contributed by atoms with E-state index in [1.165, 1.54) is 18.2 Å². The van der Waals surface area contributed by atoms with Gasteiger partial charge in [0.05, 0.1) is 17.0 Å². The fraction of sp³-hybridized carbons (Fsp3) is 0.154. The lowest BCUT2D eigenvalue weighted by Crippen LogP contribution is -2.13. The second kappa shape index (κ2) is 8.75. The fourth-order valence-electron chi connectivity index (χ4n) is 4.21. The highest BCUT2D eigenvalue weighted by Crippen LogP contribution is 2.34. The summed E-state index contributed by atoms with van der Waals surface area (Å²) in [4.78, 5) is 13.3. The summed E-state index contributed by atoms with van der Waals surface area (Å²) in [6, 6.07) is 13.7. The van der Waals surface area contributed by atoms with Gasteiger partial charge in [-0.2, -0.15) is 5.21 Å². The third-order valence-electron chi connectivity index (χ3n) is 5.92. The van der Waals surface area contributed by atoms with E-state index < -0.39 is 11.6 Å². The van der Waals surface area contributed by atoms with Gasteiger partial charge in [0.2, 0.25) is 5.82 Å². The van der Waals surface area contributed by atoms with Crippen molar-refractivity contribution in [3.8, 4) is 22.7 Å². The highest BCUT2D eigenvalue weighted by atomic mass is 19.1. The summed E-state index contributed by atoms with van der Waals surface area (Å²) in [5.74, 6) is -0.501. The van der Waals surface area contributed by atoms with Crippen LogP contribution in [-0.2, 0) is 0 Å². The molecule has 0 aliphatic heterocycles. The van der Waals surface area contributed by atoms with Crippen molar-refractivity contribution in [1.82, 2.24) is 20.6 Å². The number of tetrazole rings is 1. The van der Waals surface area contributed by atoms with Crippen LogP contribution in [0, 0.1) is 25.5 Å². The predicted octanol–water partition coefficient (Wildman–Crippen LogP) is 5.71. The van der Waals surface area contributed by atoms with E-state index in [4.69, 9.17) is 4.42 Å². The number of benzene rings is 3. The number of aryl methyl sites for hydroxylation is 1. The van der Waals surface area contributed by atoms with Crippen molar-refractivity contribution in [3.63, 3.8) is 0 Å². The van der Waals surface area contributed by atoms with E-state index in [9.17, 15) is 13.6 Å². The average molecular weight is 473 g/mol. The minimum absolute atomic E-state index is 0.187. The summed E-state index contributed by atoms with van der Waals surface area (Å²) in [6.45, 7) is 5.41. The molecule has 3 aromatic carbocycles. The third kappa shape index (κ3) is 4.05. The van der Waals surface area contributed by atoms with Gasteiger partial charge in [-0.1, -0.05) is 18.2 Å². The fourth-order valence-corrected chi connectivity index (χ4v) is 4.21. The van der Waals surface area contributed by atoms with E-state index in [-0.39, 0.29) is 28.6 Å². The first-order valence-electron chi connectivity index (χ1n) is 11.0. The standard InChI is InChI=1S/C26H21F2N5O2/c1-13-10-18(15(3)29-22-9-8-16(27)12-19(22)26-30-32-33-31-26)25-20(11-13)23(34)14(2)24(35-25)17-6-4-5-7-21(17)28/h4-12,15,29H,1-3H3,(H,30,31,32,33). The first-order valence-corrected chi connectivity index (χ1v) is 11.0. The van der Waals surface area contributed by atoms with Crippen LogP contribution in [0.25, 0.3) is 33.7 Å². The normalized spacial score (nSPS) is 12.1. The lowest BCUT2D eigenvalue weighted by Gasteiger charge is -2.20. The largest absolute Gasteiger partial charge is 0.455 e. The maximum absolute atomic E-state index is 14.6. The molecule has 0 aliphatic carbocycles. The van der Waals surface area contributed by atoms with Gasteiger partial charge in [-0.05, 0) is 67.9 Å². The number of hydrogen-bond donors (Lipinski definition) is 2. The number of nitrogens with zero attached hydrogens (tertiary/aromatic N) is 3. The van der Waals surface area contributed by atoms with Gasteiger partial charge >= 0.3 is 0 Å². The summed E-state index contributed by atoms with van der Waals surface area (Å²) in [5.41, 5.74) is 3.23. The zero-order valence-electron chi connectivity index (χ0n) is 19.2. The predicted molar refractivity (Wildman–Crippen MR) is 129 cm³/mol. The summed E-state index contributed by atoms with van der Waals surface area (Å²) in [6.07, 6.45) is 0. The number of fused-ring (bicyclic) bond motifs is 1. The molecule has 2 N–H and O–H groups in total. The molecular weight excluding hydrogens is 452 g/mol. The van der Waals surface area contributed by atoms with E-state index in [1.54, 1.807) is 37.3 Å². The monoisotopic (exact) mass is 473 g/mol. The highest BCUT2D eigenvalue weighted by molar-refractivity contribution is 5.85. The van der Waals surface area contributed by atoms with Crippen LogP contribution in [0.2, 0.25) is 0 Å². The lowest BCUT2D eigenvalue weighted by molar-refractivity contribution is 0.586. The van der Waals surface area contributed by atoms with E-state index >= 15 is 0 Å². The van der Waals surface area contributed by atoms with Gasteiger partial charge < -0.3 is 9.73 Å². The van der Waals surface area contributed by atoms with Crippen LogP contribution in [0.4, 0.5) is 14.5 Å². The van der Waals surface area contributed by atoms with Crippen molar-refractivity contribution in [3.05, 3.63) is 93.1 Å². The second-order valence-corrected chi connectivity index (χ2v) is 8.39. The first kappa shape index (κ1) is 22.4. The Balaban J connectivity index is 1.66. The van der Waals surface area contributed by atoms with Gasteiger partial charge in [0.25, 0.3) is 0 Å². The third-order valence-corrected chi connectivity index (χ3v) is 5.92. The lowest BCUT2D eigenvalue weighted by atomic mass is 9.98. The number of nitrogens with one attached hydrogen (secondary N) is 2. The van der Waals surface area contributed by atoms with Crippen LogP contribution < -0.4 is 10.7 Å². The molecule has 0 saturated carbocycles. The molecule has 0 spiro atoms. The van der Waals surface area contributed by atoms with E-state index in [1.807, 2.05) is 19.9 Å². The Morgan fingerprint density at radius 2 is 1.83 bits per heavy atom. The smallest absolute Gasteiger partial charge is 0.206 e. The van der Waals surface area contributed by atoms with Crippen LogP contribution in [0.15, 0.2) is 63.8 Å². The average Bonchev–Trinajstić information content (AvgIpc) is 3.38. The molecular formula is C26H21F2N5O2. The van der Waals surface area contributed by atoms with Crippen LogP contribution in [0.1, 0.15) is 29.7 Å². The van der Waals surface area contributed by atoms with E-state index in [0.717, 1.165) is 5.56 Å². The Kier molecular flexibility index (Phi) is 5.60. The van der Waals surface area contributed by atoms with Crippen LogP contribution >= 0.6 is 0 Å². The summed E-state index contributed by atoms with van der Waals surface area (Å²) in [7, 11) is 0. The number of aromatic nitrogens is 4. The highest BCUT2D eigenvalue weighted by Gasteiger charge is 2.21. The van der Waals surface area contributed by atoms with Crippen molar-refractivity contribution in [2.24, 2.45) is 0 Å². The quantitative estimate of drug-likeness (QED) is 0.340. The van der Waals surface area contributed by atoms with Crippen molar-refractivity contribution >= 4 is 16.7 Å². The Morgan fingerprint density at radius 1 is 1.03 bits per heavy atom. The minimum atomic E-state index is -0.478. The molecule has 0 bridgehead atoms. The molecule has 1 atom stereocenters. The summed E-state index contributed by atoms with van der Waals surface area (Å²) >= 11 is 0. The Labute approximate surface area is 198 Å². The van der Waals surface area contributed by atoms with Gasteiger partial charge in [0.1, 0.15) is 23.0 Å². The zero-order chi connectivity index (χ0) is 24.7. The molecule has 9 heteroatoms. The molecule has 2 heterocycles. The first-order chi connectivity index (χ1) is 16.8. The van der Waals surface area contributed by atoms with Crippen molar-refractivity contribution in [2.45, 2.75) is 26.8 Å². The molecule has 176 valence electrons. The van der Waals surface area contributed by atoms with Crippen LogP contribution in [-0.4, -0.2) is 20.6 Å². The Morgan fingerprint density at radius 3 is 2.57 bits per heavy atom. The SMILES string of the molecule is Cc1cc(C(C)Nc2ccc(F)cc2-c2nn[nH]n2)c2oc(-c3ccccc3F)c(C)c(=O)c2c1. The second-order valence-electron chi connectivity index (χ2n) is 8.39. The Hall–Kier alpha value is -4.40. The molecule has 0 radical (unpaired) electrons. The summed E-state index contributed by atoms with van der Waals surface area (Å²) < 4.78 is 34.8. The number of halogens is 2. The molecule has 0 fully saturated rings. The number of aromatic amines is 1. The van der Waals surface area contributed by atoms with E-state index in [2.05, 4.69) is 25.9 Å². The number of hydrogen-bond acceptors (Lipinski definition) is 6. The molecule has 7 nitrogen and oxygen atoms in total. The van der Waals surface area contributed by atoms with Gasteiger partial charge in [-0.25, -0.2) is 8.78 Å².